The Morgan fingerprint density at radius 2 is 2.19 bits per heavy atom. The molecule has 0 aromatic rings. The molecule has 0 spiro atoms. The molecular weight excluding hydrogens is 212 g/mol. The Bertz CT molecular complexity index is 237. The maximum Gasteiger partial charge on any atom is 0.325 e. The molecule has 1 saturated heterocycles. The van der Waals surface area contributed by atoms with Gasteiger partial charge >= 0.3 is 12.0 Å². The van der Waals surface area contributed by atoms with Crippen molar-refractivity contribution in [3.05, 3.63) is 0 Å². The number of carbonyl (C=O) groups excluding carboxylic acids is 2. The van der Waals surface area contributed by atoms with Crippen LogP contribution in [-0.4, -0.2) is 56.4 Å². The smallest absolute Gasteiger partial charge is 0.325 e. The van der Waals surface area contributed by atoms with Crippen LogP contribution in [0.5, 0.6) is 0 Å². The van der Waals surface area contributed by atoms with Crippen molar-refractivity contribution in [2.45, 2.75) is 13.3 Å². The molecular formula is C10H18N2O4. The molecule has 16 heavy (non-hydrogen) atoms. The first-order chi connectivity index (χ1) is 7.74. The molecule has 0 saturated carbocycles. The van der Waals surface area contributed by atoms with Gasteiger partial charge in [-0.25, -0.2) is 4.79 Å². The number of ether oxygens (including phenoxy) is 2. The number of hydrogen-bond acceptors (Lipinski definition) is 4. The summed E-state index contributed by atoms with van der Waals surface area (Å²) < 4.78 is 9.93. The number of hydrogen-bond donors (Lipinski definition) is 1. The molecule has 6 nitrogen and oxygen atoms in total. The number of nitrogens with zero attached hydrogens (tertiary/aromatic N) is 1. The third-order valence-corrected chi connectivity index (χ3v) is 2.20. The van der Waals surface area contributed by atoms with Crippen LogP contribution in [0.1, 0.15) is 13.3 Å². The van der Waals surface area contributed by atoms with Crippen LogP contribution in [0.4, 0.5) is 4.79 Å². The quantitative estimate of drug-likeness (QED) is 0.692. The number of rotatable bonds is 3. The van der Waals surface area contributed by atoms with Crippen molar-refractivity contribution in [1.29, 1.82) is 0 Å². The molecule has 1 rings (SSSR count). The van der Waals surface area contributed by atoms with Gasteiger partial charge in [-0.1, -0.05) is 0 Å². The molecule has 0 bridgehead atoms. The summed E-state index contributed by atoms with van der Waals surface area (Å²) in [5.74, 6) is -0.415. The highest BCUT2D eigenvalue weighted by molar-refractivity contribution is 5.80. The zero-order chi connectivity index (χ0) is 11.8. The lowest BCUT2D eigenvalue weighted by molar-refractivity contribution is -0.141. The molecule has 0 aromatic carbocycles. The van der Waals surface area contributed by atoms with Crippen molar-refractivity contribution in [3.8, 4) is 0 Å². The van der Waals surface area contributed by atoms with Gasteiger partial charge in [0, 0.05) is 19.7 Å². The second kappa shape index (κ2) is 7.05. The van der Waals surface area contributed by atoms with Crippen molar-refractivity contribution in [2.24, 2.45) is 0 Å². The molecule has 6 heteroatoms. The SMILES string of the molecule is CCOC(=O)CNC(=O)N1CCCOCC1. The van der Waals surface area contributed by atoms with Crippen LogP contribution in [-0.2, 0) is 14.3 Å². The zero-order valence-corrected chi connectivity index (χ0v) is 9.53. The Labute approximate surface area is 94.9 Å². The van der Waals surface area contributed by atoms with E-state index < -0.39 is 5.97 Å². The standard InChI is InChI=1S/C10H18N2O4/c1-2-16-9(13)8-11-10(14)12-4-3-6-15-7-5-12/h2-8H2,1H3,(H,11,14). The van der Waals surface area contributed by atoms with Crippen molar-refractivity contribution in [2.75, 3.05) is 39.5 Å². The third-order valence-electron chi connectivity index (χ3n) is 2.20. The topological polar surface area (TPSA) is 67.9 Å². The molecule has 0 atom stereocenters. The highest BCUT2D eigenvalue weighted by Crippen LogP contribution is 1.98. The first-order valence-electron chi connectivity index (χ1n) is 5.50. The van der Waals surface area contributed by atoms with Gasteiger partial charge in [0.1, 0.15) is 6.54 Å². The van der Waals surface area contributed by atoms with Gasteiger partial charge in [0.2, 0.25) is 0 Å². The highest BCUT2D eigenvalue weighted by Gasteiger charge is 2.16. The largest absolute Gasteiger partial charge is 0.465 e. The lowest BCUT2D eigenvalue weighted by Crippen LogP contribution is -2.43. The number of esters is 1. The predicted octanol–water partition coefficient (Wildman–Crippen LogP) is -0.0186. The summed E-state index contributed by atoms with van der Waals surface area (Å²) >= 11 is 0. The van der Waals surface area contributed by atoms with Crippen LogP contribution in [0.15, 0.2) is 0 Å². The fraction of sp³-hybridized carbons (Fsp3) is 0.800. The summed E-state index contributed by atoms with van der Waals surface area (Å²) in [5.41, 5.74) is 0. The van der Waals surface area contributed by atoms with E-state index in [1.807, 2.05) is 0 Å². The van der Waals surface area contributed by atoms with Crippen LogP contribution in [0.25, 0.3) is 0 Å². The van der Waals surface area contributed by atoms with E-state index in [4.69, 9.17) is 9.47 Å². The monoisotopic (exact) mass is 230 g/mol. The van der Waals surface area contributed by atoms with Gasteiger partial charge in [-0.3, -0.25) is 4.79 Å². The van der Waals surface area contributed by atoms with Gasteiger partial charge in [-0.05, 0) is 13.3 Å². The van der Waals surface area contributed by atoms with Crippen LogP contribution < -0.4 is 5.32 Å². The molecule has 1 heterocycles. The number of amides is 2. The van der Waals surface area contributed by atoms with E-state index in [0.29, 0.717) is 32.9 Å². The van der Waals surface area contributed by atoms with E-state index in [-0.39, 0.29) is 12.6 Å². The van der Waals surface area contributed by atoms with E-state index in [9.17, 15) is 9.59 Å². The van der Waals surface area contributed by atoms with Gasteiger partial charge in [0.25, 0.3) is 0 Å². The highest BCUT2D eigenvalue weighted by atomic mass is 16.5. The molecule has 0 unspecified atom stereocenters. The number of urea groups is 1. The average Bonchev–Trinajstić information content (AvgIpc) is 2.55. The molecule has 0 aromatic heterocycles. The third kappa shape index (κ3) is 4.48. The van der Waals surface area contributed by atoms with Gasteiger partial charge in [0.05, 0.1) is 13.2 Å². The predicted molar refractivity (Wildman–Crippen MR) is 57.0 cm³/mol. The lowest BCUT2D eigenvalue weighted by atomic mass is 10.4. The van der Waals surface area contributed by atoms with E-state index in [1.165, 1.54) is 0 Å². The van der Waals surface area contributed by atoms with Crippen molar-refractivity contribution in [3.63, 3.8) is 0 Å². The lowest BCUT2D eigenvalue weighted by Gasteiger charge is -2.19. The van der Waals surface area contributed by atoms with Crippen LogP contribution in [0, 0.1) is 0 Å². The van der Waals surface area contributed by atoms with E-state index in [2.05, 4.69) is 5.32 Å². The first kappa shape index (κ1) is 12.8. The summed E-state index contributed by atoms with van der Waals surface area (Å²) in [6.07, 6.45) is 0.826. The number of carbonyl (C=O) groups is 2. The summed E-state index contributed by atoms with van der Waals surface area (Å²) in [5, 5.41) is 2.52. The van der Waals surface area contributed by atoms with Crippen molar-refractivity contribution < 1.29 is 19.1 Å². The van der Waals surface area contributed by atoms with Gasteiger partial charge in [-0.15, -0.1) is 0 Å². The average molecular weight is 230 g/mol. The summed E-state index contributed by atoms with van der Waals surface area (Å²) in [4.78, 5) is 24.3. The molecule has 1 fully saturated rings. The minimum Gasteiger partial charge on any atom is -0.465 e. The first-order valence-corrected chi connectivity index (χ1v) is 5.50. The molecule has 0 aliphatic carbocycles. The molecule has 1 N–H and O–H groups in total. The maximum absolute atomic E-state index is 11.6. The van der Waals surface area contributed by atoms with E-state index in [0.717, 1.165) is 6.42 Å². The minimum absolute atomic E-state index is 0.0793. The van der Waals surface area contributed by atoms with E-state index in [1.54, 1.807) is 11.8 Å². The summed E-state index contributed by atoms with van der Waals surface area (Å²) in [7, 11) is 0. The Hall–Kier alpha value is -1.30. The fourth-order valence-corrected chi connectivity index (χ4v) is 1.42. The minimum atomic E-state index is -0.415. The molecule has 92 valence electrons. The van der Waals surface area contributed by atoms with Crippen molar-refractivity contribution >= 4 is 12.0 Å². The molecule has 0 radical (unpaired) electrons. The second-order valence-corrected chi connectivity index (χ2v) is 3.42. The normalized spacial score (nSPS) is 16.4. The van der Waals surface area contributed by atoms with Gasteiger partial charge < -0.3 is 19.7 Å². The van der Waals surface area contributed by atoms with Gasteiger partial charge in [0.15, 0.2) is 0 Å². The van der Waals surface area contributed by atoms with Crippen molar-refractivity contribution in [1.82, 2.24) is 10.2 Å². The zero-order valence-electron chi connectivity index (χ0n) is 9.53. The number of nitrogens with one attached hydrogen (secondary N) is 1. The second-order valence-electron chi connectivity index (χ2n) is 3.42. The van der Waals surface area contributed by atoms with Gasteiger partial charge in [-0.2, -0.15) is 0 Å². The molecule has 1 aliphatic heterocycles. The maximum atomic E-state index is 11.6. The molecule has 1 aliphatic rings. The molecule has 2 amide bonds. The van der Waals surface area contributed by atoms with Crippen LogP contribution in [0.3, 0.4) is 0 Å². The Morgan fingerprint density at radius 1 is 1.38 bits per heavy atom. The summed E-state index contributed by atoms with van der Waals surface area (Å²) in [6, 6.07) is -0.237. The Morgan fingerprint density at radius 3 is 2.94 bits per heavy atom. The Kier molecular flexibility index (Phi) is 5.63. The Balaban J connectivity index is 2.25. The fourth-order valence-electron chi connectivity index (χ4n) is 1.42. The van der Waals surface area contributed by atoms with Crippen LogP contribution >= 0.6 is 0 Å². The van der Waals surface area contributed by atoms with E-state index >= 15 is 0 Å². The van der Waals surface area contributed by atoms with Crippen LogP contribution in [0.2, 0.25) is 0 Å². The summed E-state index contributed by atoms with van der Waals surface area (Å²) in [6.45, 7) is 4.43.